The Morgan fingerprint density at radius 2 is 1.59 bits per heavy atom. The number of rotatable bonds is 12. The minimum absolute atomic E-state index is 0.00563. The van der Waals surface area contributed by atoms with Crippen molar-refractivity contribution in [3.8, 4) is 0 Å². The summed E-state index contributed by atoms with van der Waals surface area (Å²) in [6, 6.07) is 19.4. The van der Waals surface area contributed by atoms with Crippen molar-refractivity contribution in [1.82, 2.24) is 10.2 Å². The summed E-state index contributed by atoms with van der Waals surface area (Å²) in [5.74, 6) is -1.38. The maximum absolute atomic E-state index is 14.0. The lowest BCUT2D eigenvalue weighted by Gasteiger charge is -2.33. The largest absolute Gasteiger partial charge is 0.352 e. The van der Waals surface area contributed by atoms with E-state index in [0.717, 1.165) is 34.0 Å². The third-order valence-corrected chi connectivity index (χ3v) is 8.34. The van der Waals surface area contributed by atoms with Crippen molar-refractivity contribution in [2.24, 2.45) is 0 Å². The standard InChI is InChI=1S/C30H36FN3O4S/c1-5-23(4)32-30(36)28(6-2)33(20-24-12-10-11-22(3)19-24)29(35)21-34(26-17-15-25(31)16-18-26)39(37,38)27-13-8-7-9-14-27/h7-19,23,28H,5-6,20-21H2,1-4H3,(H,32,36)/t23-,28-/m1/s1. The SMILES string of the molecule is CC[C@@H](C)NC(=O)[C@@H](CC)N(Cc1cccc(C)c1)C(=O)CN(c1ccc(F)cc1)S(=O)(=O)c1ccccc1. The van der Waals surface area contributed by atoms with Crippen LogP contribution in [-0.2, 0) is 26.2 Å². The summed E-state index contributed by atoms with van der Waals surface area (Å²) in [5, 5.41) is 2.95. The summed E-state index contributed by atoms with van der Waals surface area (Å²) in [5.41, 5.74) is 1.95. The van der Waals surface area contributed by atoms with E-state index >= 15 is 0 Å². The average molecular weight is 554 g/mol. The minimum Gasteiger partial charge on any atom is -0.352 e. The van der Waals surface area contributed by atoms with Gasteiger partial charge in [-0.1, -0.05) is 61.9 Å². The van der Waals surface area contributed by atoms with Crippen LogP contribution in [0.2, 0.25) is 0 Å². The predicted octanol–water partition coefficient (Wildman–Crippen LogP) is 5.05. The predicted molar refractivity (Wildman–Crippen MR) is 151 cm³/mol. The first-order valence-electron chi connectivity index (χ1n) is 13.1. The van der Waals surface area contributed by atoms with Crippen molar-refractivity contribution < 1.29 is 22.4 Å². The molecular formula is C30H36FN3O4S. The van der Waals surface area contributed by atoms with Gasteiger partial charge in [0.1, 0.15) is 18.4 Å². The van der Waals surface area contributed by atoms with Crippen molar-refractivity contribution in [1.29, 1.82) is 0 Å². The molecule has 0 spiro atoms. The maximum atomic E-state index is 14.0. The Morgan fingerprint density at radius 1 is 0.923 bits per heavy atom. The van der Waals surface area contributed by atoms with Crippen molar-refractivity contribution in [2.45, 2.75) is 64.1 Å². The molecule has 0 aliphatic rings. The van der Waals surface area contributed by atoms with E-state index in [0.29, 0.717) is 6.42 Å². The van der Waals surface area contributed by atoms with Gasteiger partial charge in [0.25, 0.3) is 10.0 Å². The Labute approximate surface area is 230 Å². The second-order valence-electron chi connectivity index (χ2n) is 9.55. The molecule has 0 aliphatic carbocycles. The highest BCUT2D eigenvalue weighted by molar-refractivity contribution is 7.92. The molecule has 208 valence electrons. The number of nitrogens with one attached hydrogen (secondary N) is 1. The van der Waals surface area contributed by atoms with Gasteiger partial charge in [0.05, 0.1) is 10.6 Å². The molecule has 0 bridgehead atoms. The van der Waals surface area contributed by atoms with Crippen molar-refractivity contribution in [3.05, 3.63) is 95.8 Å². The van der Waals surface area contributed by atoms with Crippen LogP contribution in [0.4, 0.5) is 10.1 Å². The molecule has 0 saturated heterocycles. The van der Waals surface area contributed by atoms with Crippen molar-refractivity contribution >= 4 is 27.5 Å². The van der Waals surface area contributed by atoms with Gasteiger partial charge in [0, 0.05) is 12.6 Å². The normalized spacial score (nSPS) is 12.8. The number of hydrogen-bond donors (Lipinski definition) is 1. The molecule has 7 nitrogen and oxygen atoms in total. The van der Waals surface area contributed by atoms with E-state index in [4.69, 9.17) is 0 Å². The molecule has 0 fully saturated rings. The summed E-state index contributed by atoms with van der Waals surface area (Å²) >= 11 is 0. The number of aryl methyl sites for hydroxylation is 1. The highest BCUT2D eigenvalue weighted by Crippen LogP contribution is 2.25. The Bertz CT molecular complexity index is 1360. The highest BCUT2D eigenvalue weighted by Gasteiger charge is 2.34. The average Bonchev–Trinajstić information content (AvgIpc) is 2.92. The Morgan fingerprint density at radius 3 is 2.18 bits per heavy atom. The lowest BCUT2D eigenvalue weighted by atomic mass is 10.1. The zero-order valence-corrected chi connectivity index (χ0v) is 23.6. The number of nitrogens with zero attached hydrogens (tertiary/aromatic N) is 2. The van der Waals surface area contributed by atoms with Crippen LogP contribution < -0.4 is 9.62 Å². The molecule has 3 aromatic carbocycles. The van der Waals surface area contributed by atoms with Gasteiger partial charge in [0.15, 0.2) is 0 Å². The monoisotopic (exact) mass is 553 g/mol. The quantitative estimate of drug-likeness (QED) is 0.340. The van der Waals surface area contributed by atoms with E-state index < -0.39 is 34.3 Å². The number of halogens is 1. The molecular weight excluding hydrogens is 517 g/mol. The zero-order chi connectivity index (χ0) is 28.6. The van der Waals surface area contributed by atoms with Gasteiger partial charge < -0.3 is 10.2 Å². The molecule has 9 heteroatoms. The number of hydrogen-bond acceptors (Lipinski definition) is 4. The summed E-state index contributed by atoms with van der Waals surface area (Å²) in [6.07, 6.45) is 1.06. The molecule has 0 saturated carbocycles. The molecule has 0 aromatic heterocycles. The number of sulfonamides is 1. The lowest BCUT2D eigenvalue weighted by molar-refractivity contribution is -0.140. The van der Waals surface area contributed by atoms with Crippen LogP contribution in [0.3, 0.4) is 0 Å². The van der Waals surface area contributed by atoms with Gasteiger partial charge in [-0.15, -0.1) is 0 Å². The Hall–Kier alpha value is -3.72. The lowest BCUT2D eigenvalue weighted by Crippen LogP contribution is -2.53. The topological polar surface area (TPSA) is 86.8 Å². The van der Waals surface area contributed by atoms with Crippen molar-refractivity contribution in [3.63, 3.8) is 0 Å². The second-order valence-corrected chi connectivity index (χ2v) is 11.4. The van der Waals surface area contributed by atoms with Crippen LogP contribution in [0.5, 0.6) is 0 Å². The summed E-state index contributed by atoms with van der Waals surface area (Å²) in [4.78, 5) is 28.7. The first-order chi connectivity index (χ1) is 18.6. The fourth-order valence-corrected chi connectivity index (χ4v) is 5.66. The number of anilines is 1. The van der Waals surface area contributed by atoms with Gasteiger partial charge in [-0.2, -0.15) is 0 Å². The molecule has 2 atom stereocenters. The van der Waals surface area contributed by atoms with Gasteiger partial charge in [-0.25, -0.2) is 12.8 Å². The molecule has 3 rings (SSSR count). The van der Waals surface area contributed by atoms with E-state index in [-0.39, 0.29) is 29.1 Å². The van der Waals surface area contributed by atoms with Crippen LogP contribution >= 0.6 is 0 Å². The van der Waals surface area contributed by atoms with E-state index in [1.165, 1.54) is 29.2 Å². The molecule has 0 unspecified atom stereocenters. The number of carbonyl (C=O) groups is 2. The molecule has 0 radical (unpaired) electrons. The Balaban J connectivity index is 2.04. The Kier molecular flexibility index (Phi) is 10.2. The molecule has 39 heavy (non-hydrogen) atoms. The van der Waals surface area contributed by atoms with Gasteiger partial charge in [-0.3, -0.25) is 13.9 Å². The van der Waals surface area contributed by atoms with Crippen LogP contribution in [0.1, 0.15) is 44.7 Å². The number of amides is 2. The molecule has 3 aromatic rings. The fourth-order valence-electron chi connectivity index (χ4n) is 4.22. The molecule has 1 N–H and O–H groups in total. The van der Waals surface area contributed by atoms with Crippen LogP contribution in [0.15, 0.2) is 83.8 Å². The molecule has 2 amide bonds. The van der Waals surface area contributed by atoms with Gasteiger partial charge >= 0.3 is 0 Å². The summed E-state index contributed by atoms with van der Waals surface area (Å²) in [6.45, 7) is 7.15. The van der Waals surface area contributed by atoms with Crippen molar-refractivity contribution in [2.75, 3.05) is 10.8 Å². The van der Waals surface area contributed by atoms with E-state index in [1.807, 2.05) is 52.0 Å². The summed E-state index contributed by atoms with van der Waals surface area (Å²) < 4.78 is 42.1. The highest BCUT2D eigenvalue weighted by atomic mass is 32.2. The molecule has 0 aliphatic heterocycles. The smallest absolute Gasteiger partial charge is 0.264 e. The zero-order valence-electron chi connectivity index (χ0n) is 22.8. The maximum Gasteiger partial charge on any atom is 0.264 e. The van der Waals surface area contributed by atoms with Crippen LogP contribution in [-0.4, -0.2) is 43.8 Å². The van der Waals surface area contributed by atoms with Gasteiger partial charge in [-0.05, 0) is 68.7 Å². The van der Waals surface area contributed by atoms with E-state index in [1.54, 1.807) is 18.2 Å². The van der Waals surface area contributed by atoms with Gasteiger partial charge in [0.2, 0.25) is 11.8 Å². The van der Waals surface area contributed by atoms with E-state index in [9.17, 15) is 22.4 Å². The first kappa shape index (κ1) is 29.8. The second kappa shape index (κ2) is 13.4. The first-order valence-corrected chi connectivity index (χ1v) is 14.5. The number of carbonyl (C=O) groups excluding carboxylic acids is 2. The van der Waals surface area contributed by atoms with Crippen LogP contribution in [0.25, 0.3) is 0 Å². The minimum atomic E-state index is -4.19. The van der Waals surface area contributed by atoms with E-state index in [2.05, 4.69) is 5.32 Å². The fraction of sp³-hybridized carbons (Fsp3) is 0.333. The molecule has 0 heterocycles. The third-order valence-electron chi connectivity index (χ3n) is 6.55. The summed E-state index contributed by atoms with van der Waals surface area (Å²) in [7, 11) is -4.19. The number of benzene rings is 3. The third kappa shape index (κ3) is 7.66. The van der Waals surface area contributed by atoms with Crippen LogP contribution in [0, 0.1) is 12.7 Å².